The van der Waals surface area contributed by atoms with Crippen molar-refractivity contribution in [1.29, 1.82) is 5.26 Å². The first-order valence-corrected chi connectivity index (χ1v) is 11.3. The van der Waals surface area contributed by atoms with Crippen molar-refractivity contribution in [3.05, 3.63) is 96.3 Å². The fraction of sp³-hybridized carbons (Fsp3) is 0.222. The molecule has 1 unspecified atom stereocenters. The lowest BCUT2D eigenvalue weighted by atomic mass is 10.1. The number of hydrogen-bond donors (Lipinski definition) is 2. The van der Waals surface area contributed by atoms with E-state index >= 15 is 0 Å². The lowest BCUT2D eigenvalue weighted by Gasteiger charge is -2.27. The van der Waals surface area contributed by atoms with E-state index < -0.39 is 0 Å². The van der Waals surface area contributed by atoms with Crippen molar-refractivity contribution in [1.82, 2.24) is 20.1 Å². The third-order valence-corrected chi connectivity index (χ3v) is 5.48. The Bertz CT molecular complexity index is 1190. The van der Waals surface area contributed by atoms with Crippen LogP contribution in [0, 0.1) is 11.3 Å². The first-order valence-electron chi connectivity index (χ1n) is 11.3. The summed E-state index contributed by atoms with van der Waals surface area (Å²) in [5.41, 5.74) is 4.84. The molecule has 7 nitrogen and oxygen atoms in total. The highest BCUT2D eigenvalue weighted by molar-refractivity contribution is 5.67. The van der Waals surface area contributed by atoms with Gasteiger partial charge in [0, 0.05) is 31.5 Å². The van der Waals surface area contributed by atoms with Gasteiger partial charge in [0.15, 0.2) is 0 Å². The van der Waals surface area contributed by atoms with Gasteiger partial charge < -0.3 is 15.4 Å². The van der Waals surface area contributed by atoms with E-state index in [0.29, 0.717) is 11.4 Å². The minimum Gasteiger partial charge on any atom is -0.470 e. The Labute approximate surface area is 200 Å². The van der Waals surface area contributed by atoms with Crippen molar-refractivity contribution in [2.45, 2.75) is 12.5 Å². The number of nitriles is 1. The summed E-state index contributed by atoms with van der Waals surface area (Å²) in [7, 11) is 1.91. The minimum atomic E-state index is 0.0310. The molecule has 0 bridgehead atoms. The molecule has 172 valence electrons. The van der Waals surface area contributed by atoms with E-state index in [0.717, 1.165) is 43.0 Å². The standard InChI is InChI=1S/C21H22N6O.C6H6/c1-27-20(7-9-26-27)17-10-19-21(25-12-17)28-18(14-24-19)13-23-8-6-15-2-4-16(11-22)5-3-15;1-2-4-6-5-3-1/h2-5,7,9-10,12,18,23-24H,6,8,13-14H2,1H3;1-6H. The Morgan fingerprint density at radius 3 is 2.50 bits per heavy atom. The van der Waals surface area contributed by atoms with Crippen molar-refractivity contribution in [2.24, 2.45) is 7.05 Å². The van der Waals surface area contributed by atoms with Gasteiger partial charge in [-0.3, -0.25) is 4.68 Å². The highest BCUT2D eigenvalue weighted by Crippen LogP contribution is 2.30. The molecular weight excluding hydrogens is 424 g/mol. The van der Waals surface area contributed by atoms with E-state index in [1.54, 1.807) is 6.20 Å². The van der Waals surface area contributed by atoms with Crippen LogP contribution in [0.25, 0.3) is 11.3 Å². The maximum Gasteiger partial charge on any atom is 0.237 e. The molecule has 0 radical (unpaired) electrons. The number of rotatable bonds is 6. The van der Waals surface area contributed by atoms with Crippen molar-refractivity contribution < 1.29 is 4.74 Å². The molecule has 4 aromatic rings. The Hall–Kier alpha value is -4.15. The van der Waals surface area contributed by atoms with Crippen LogP contribution in [0.4, 0.5) is 5.69 Å². The van der Waals surface area contributed by atoms with Gasteiger partial charge in [0.1, 0.15) is 6.10 Å². The third-order valence-electron chi connectivity index (χ3n) is 5.48. The molecule has 1 atom stereocenters. The summed E-state index contributed by atoms with van der Waals surface area (Å²) in [4.78, 5) is 4.48. The number of ether oxygens (including phenoxy) is 1. The van der Waals surface area contributed by atoms with Gasteiger partial charge >= 0.3 is 0 Å². The van der Waals surface area contributed by atoms with E-state index in [-0.39, 0.29) is 6.10 Å². The minimum absolute atomic E-state index is 0.0310. The van der Waals surface area contributed by atoms with E-state index in [4.69, 9.17) is 10.00 Å². The number of benzene rings is 2. The molecule has 0 spiro atoms. The maximum atomic E-state index is 8.84. The Kier molecular flexibility index (Phi) is 7.88. The van der Waals surface area contributed by atoms with E-state index in [1.165, 1.54) is 5.56 Å². The first-order chi connectivity index (χ1) is 16.7. The molecule has 2 aromatic heterocycles. The van der Waals surface area contributed by atoms with Gasteiger partial charge in [-0.2, -0.15) is 10.4 Å². The zero-order chi connectivity index (χ0) is 23.6. The molecule has 0 saturated heterocycles. The molecule has 1 aliphatic rings. The summed E-state index contributed by atoms with van der Waals surface area (Å²) in [6.45, 7) is 2.33. The van der Waals surface area contributed by atoms with Crippen LogP contribution in [-0.4, -0.2) is 40.5 Å². The lowest BCUT2D eigenvalue weighted by molar-refractivity contribution is 0.194. The van der Waals surface area contributed by atoms with Gasteiger partial charge in [-0.1, -0.05) is 48.5 Å². The Morgan fingerprint density at radius 2 is 1.85 bits per heavy atom. The second-order valence-electron chi connectivity index (χ2n) is 7.96. The van der Waals surface area contributed by atoms with Gasteiger partial charge in [0.05, 0.1) is 29.6 Å². The number of aryl methyl sites for hydroxylation is 1. The second kappa shape index (κ2) is 11.6. The lowest BCUT2D eigenvalue weighted by Crippen LogP contribution is -2.40. The predicted octanol–water partition coefficient (Wildman–Crippen LogP) is 4.05. The van der Waals surface area contributed by atoms with Crippen LogP contribution in [-0.2, 0) is 13.5 Å². The fourth-order valence-corrected chi connectivity index (χ4v) is 3.63. The molecule has 2 N–H and O–H groups in total. The molecule has 0 fully saturated rings. The van der Waals surface area contributed by atoms with Crippen molar-refractivity contribution in [3.63, 3.8) is 0 Å². The van der Waals surface area contributed by atoms with Gasteiger partial charge in [-0.05, 0) is 42.8 Å². The van der Waals surface area contributed by atoms with Crippen LogP contribution < -0.4 is 15.4 Å². The number of aromatic nitrogens is 3. The molecule has 34 heavy (non-hydrogen) atoms. The van der Waals surface area contributed by atoms with Crippen LogP contribution in [0.2, 0.25) is 0 Å². The number of nitrogens with one attached hydrogen (secondary N) is 2. The molecule has 0 amide bonds. The van der Waals surface area contributed by atoms with Crippen LogP contribution in [0.3, 0.4) is 0 Å². The zero-order valence-electron chi connectivity index (χ0n) is 19.2. The average Bonchev–Trinajstić information content (AvgIpc) is 3.34. The highest BCUT2D eigenvalue weighted by Gasteiger charge is 2.21. The summed E-state index contributed by atoms with van der Waals surface area (Å²) in [5.74, 6) is 0.635. The summed E-state index contributed by atoms with van der Waals surface area (Å²) in [6.07, 6.45) is 4.54. The van der Waals surface area contributed by atoms with E-state index in [1.807, 2.05) is 90.7 Å². The molecule has 0 aliphatic carbocycles. The zero-order valence-corrected chi connectivity index (χ0v) is 19.2. The number of fused-ring (bicyclic) bond motifs is 1. The Balaban J connectivity index is 0.000000398. The van der Waals surface area contributed by atoms with Crippen LogP contribution in [0.5, 0.6) is 5.88 Å². The number of hydrogen-bond acceptors (Lipinski definition) is 6. The monoisotopic (exact) mass is 452 g/mol. The summed E-state index contributed by atoms with van der Waals surface area (Å²) in [5, 5.41) is 19.9. The van der Waals surface area contributed by atoms with Crippen molar-refractivity contribution >= 4 is 5.69 Å². The van der Waals surface area contributed by atoms with E-state index in [9.17, 15) is 0 Å². The van der Waals surface area contributed by atoms with Crippen LogP contribution in [0.15, 0.2) is 85.2 Å². The summed E-state index contributed by atoms with van der Waals surface area (Å²) >= 11 is 0. The maximum absolute atomic E-state index is 8.84. The first kappa shape index (κ1) is 23.0. The molecule has 7 heteroatoms. The Morgan fingerprint density at radius 1 is 1.12 bits per heavy atom. The van der Waals surface area contributed by atoms with Crippen molar-refractivity contribution in [2.75, 3.05) is 25.0 Å². The smallest absolute Gasteiger partial charge is 0.237 e. The molecule has 0 saturated carbocycles. The van der Waals surface area contributed by atoms with Gasteiger partial charge in [-0.25, -0.2) is 4.98 Å². The quantitative estimate of drug-likeness (QED) is 0.429. The van der Waals surface area contributed by atoms with Gasteiger partial charge in [0.2, 0.25) is 5.88 Å². The fourth-order valence-electron chi connectivity index (χ4n) is 3.63. The molecule has 3 heterocycles. The molecule has 1 aliphatic heterocycles. The third kappa shape index (κ3) is 6.21. The summed E-state index contributed by atoms with van der Waals surface area (Å²) < 4.78 is 7.85. The normalized spacial score (nSPS) is 13.9. The summed E-state index contributed by atoms with van der Waals surface area (Å²) in [6, 6.07) is 25.9. The van der Waals surface area contributed by atoms with Crippen LogP contribution >= 0.6 is 0 Å². The SMILES string of the molecule is Cn1nccc1-c1cnc2c(c1)NCC(CNCCc1ccc(C#N)cc1)O2.c1ccccc1. The molecule has 2 aromatic carbocycles. The van der Waals surface area contributed by atoms with Gasteiger partial charge in [0.25, 0.3) is 0 Å². The molecular formula is C27H28N6O. The number of pyridine rings is 1. The highest BCUT2D eigenvalue weighted by atomic mass is 16.5. The van der Waals surface area contributed by atoms with Gasteiger partial charge in [-0.15, -0.1) is 0 Å². The average molecular weight is 453 g/mol. The number of nitrogens with zero attached hydrogens (tertiary/aromatic N) is 4. The largest absolute Gasteiger partial charge is 0.470 e. The predicted molar refractivity (Wildman–Crippen MR) is 134 cm³/mol. The van der Waals surface area contributed by atoms with Crippen LogP contribution in [0.1, 0.15) is 11.1 Å². The number of anilines is 1. The van der Waals surface area contributed by atoms with E-state index in [2.05, 4.69) is 26.8 Å². The van der Waals surface area contributed by atoms with Crippen molar-refractivity contribution in [3.8, 4) is 23.2 Å². The topological polar surface area (TPSA) is 87.8 Å². The molecule has 5 rings (SSSR count). The second-order valence-corrected chi connectivity index (χ2v) is 7.96.